The lowest BCUT2D eigenvalue weighted by Gasteiger charge is -2.23. The van der Waals surface area contributed by atoms with Crippen LogP contribution in [0.2, 0.25) is 0 Å². The number of ether oxygens (including phenoxy) is 1. The Balaban J connectivity index is 1.83. The predicted octanol–water partition coefficient (Wildman–Crippen LogP) is 2.20. The first-order valence-corrected chi connectivity index (χ1v) is 7.57. The molecular weight excluding hydrogens is 262 g/mol. The Labute approximate surface area is 117 Å². The predicted molar refractivity (Wildman–Crippen MR) is 77.3 cm³/mol. The fourth-order valence-corrected chi connectivity index (χ4v) is 3.42. The molecule has 1 aliphatic heterocycles. The van der Waals surface area contributed by atoms with Gasteiger partial charge in [-0.05, 0) is 31.4 Å². The maximum atomic E-state index is 11.0. The molecule has 104 valence electrons. The number of rotatable bonds is 6. The Hall–Kier alpha value is -1.20. The van der Waals surface area contributed by atoms with E-state index < -0.39 is 5.97 Å². The van der Waals surface area contributed by atoms with Gasteiger partial charge in [0.05, 0.1) is 0 Å². The van der Waals surface area contributed by atoms with Gasteiger partial charge in [-0.25, -0.2) is 4.79 Å². The van der Waals surface area contributed by atoms with Crippen LogP contribution in [0.15, 0.2) is 24.3 Å². The van der Waals surface area contributed by atoms with Gasteiger partial charge in [-0.3, -0.25) is 4.90 Å². The average Bonchev–Trinajstić information content (AvgIpc) is 2.93. The van der Waals surface area contributed by atoms with Crippen molar-refractivity contribution in [3.63, 3.8) is 0 Å². The second kappa shape index (κ2) is 6.82. The molecule has 1 aromatic carbocycles. The molecule has 0 amide bonds. The van der Waals surface area contributed by atoms with Gasteiger partial charge in [0, 0.05) is 18.3 Å². The molecule has 2 rings (SSSR count). The molecule has 4 nitrogen and oxygen atoms in total. The second-order valence-electron chi connectivity index (χ2n) is 4.65. The van der Waals surface area contributed by atoms with Crippen LogP contribution in [0.4, 0.5) is 0 Å². The summed E-state index contributed by atoms with van der Waals surface area (Å²) in [5.41, 5.74) is 0.224. The lowest BCUT2D eigenvalue weighted by Crippen LogP contribution is -2.34. The number of para-hydroxylation sites is 1. The molecule has 19 heavy (non-hydrogen) atoms. The highest BCUT2D eigenvalue weighted by Crippen LogP contribution is 2.21. The van der Waals surface area contributed by atoms with Gasteiger partial charge in [-0.1, -0.05) is 12.1 Å². The minimum Gasteiger partial charge on any atom is -0.491 e. The molecule has 5 heteroatoms. The smallest absolute Gasteiger partial charge is 0.339 e. The van der Waals surface area contributed by atoms with Gasteiger partial charge in [0.2, 0.25) is 0 Å². The number of nitrogens with zero attached hydrogens (tertiary/aromatic N) is 1. The molecule has 0 aromatic heterocycles. The summed E-state index contributed by atoms with van der Waals surface area (Å²) in [7, 11) is 2.10. The molecule has 0 bridgehead atoms. The van der Waals surface area contributed by atoms with Gasteiger partial charge >= 0.3 is 5.97 Å². The molecule has 1 fully saturated rings. The number of aromatic carboxylic acids is 1. The maximum absolute atomic E-state index is 11.0. The average molecular weight is 281 g/mol. The van der Waals surface area contributed by atoms with E-state index in [1.54, 1.807) is 24.3 Å². The standard InChI is InChI=1S/C14H19NO3S/c1-15(11-6-9-19-10-11)7-8-18-13-5-3-2-4-12(13)14(16)17/h2-5,11H,6-10H2,1H3,(H,16,17). The van der Waals surface area contributed by atoms with Crippen LogP contribution in [0.25, 0.3) is 0 Å². The number of thioether (sulfide) groups is 1. The van der Waals surface area contributed by atoms with E-state index in [0.29, 0.717) is 18.4 Å². The fraction of sp³-hybridized carbons (Fsp3) is 0.500. The van der Waals surface area contributed by atoms with Crippen LogP contribution >= 0.6 is 11.8 Å². The van der Waals surface area contributed by atoms with Crippen molar-refractivity contribution in [2.45, 2.75) is 12.5 Å². The Morgan fingerprint density at radius 2 is 2.32 bits per heavy atom. The quantitative estimate of drug-likeness (QED) is 0.866. The summed E-state index contributed by atoms with van der Waals surface area (Å²) in [4.78, 5) is 13.3. The zero-order chi connectivity index (χ0) is 13.7. The zero-order valence-corrected chi connectivity index (χ0v) is 11.9. The van der Waals surface area contributed by atoms with Gasteiger partial charge in [-0.15, -0.1) is 0 Å². The molecule has 1 N–H and O–H groups in total. The highest BCUT2D eigenvalue weighted by molar-refractivity contribution is 7.99. The summed E-state index contributed by atoms with van der Waals surface area (Å²) in [5.74, 6) is 1.92. The van der Waals surface area contributed by atoms with Crippen LogP contribution < -0.4 is 4.74 Å². The Morgan fingerprint density at radius 3 is 3.00 bits per heavy atom. The van der Waals surface area contributed by atoms with Crippen molar-refractivity contribution < 1.29 is 14.6 Å². The molecule has 0 saturated carbocycles. The van der Waals surface area contributed by atoms with Crippen molar-refractivity contribution in [2.24, 2.45) is 0 Å². The second-order valence-corrected chi connectivity index (χ2v) is 5.80. The van der Waals surface area contributed by atoms with E-state index in [-0.39, 0.29) is 5.56 Å². The van der Waals surface area contributed by atoms with E-state index in [1.807, 2.05) is 11.8 Å². The fourth-order valence-electron chi connectivity index (χ4n) is 2.12. The number of hydrogen-bond acceptors (Lipinski definition) is 4. The molecule has 1 unspecified atom stereocenters. The van der Waals surface area contributed by atoms with E-state index in [4.69, 9.17) is 9.84 Å². The normalized spacial score (nSPS) is 18.7. The van der Waals surface area contributed by atoms with E-state index in [9.17, 15) is 4.79 Å². The number of likely N-dealkylation sites (N-methyl/N-ethyl adjacent to an activating group) is 1. The topological polar surface area (TPSA) is 49.8 Å². The minimum atomic E-state index is -0.948. The molecule has 1 aromatic rings. The van der Waals surface area contributed by atoms with Gasteiger partial charge in [0.15, 0.2) is 0 Å². The van der Waals surface area contributed by atoms with Crippen molar-refractivity contribution in [3.8, 4) is 5.75 Å². The number of hydrogen-bond donors (Lipinski definition) is 1. The van der Waals surface area contributed by atoms with Crippen molar-refractivity contribution in [2.75, 3.05) is 31.7 Å². The van der Waals surface area contributed by atoms with Crippen molar-refractivity contribution in [1.29, 1.82) is 0 Å². The van der Waals surface area contributed by atoms with Crippen molar-refractivity contribution in [1.82, 2.24) is 4.90 Å². The summed E-state index contributed by atoms with van der Waals surface area (Å²) < 4.78 is 5.60. The van der Waals surface area contributed by atoms with Crippen LogP contribution in [-0.2, 0) is 0 Å². The zero-order valence-electron chi connectivity index (χ0n) is 11.0. The Kier molecular flexibility index (Phi) is 5.10. The summed E-state index contributed by atoms with van der Waals surface area (Å²) >= 11 is 1.99. The third-order valence-electron chi connectivity index (χ3n) is 3.35. The van der Waals surface area contributed by atoms with E-state index in [0.717, 1.165) is 6.54 Å². The summed E-state index contributed by atoms with van der Waals surface area (Å²) in [6.07, 6.45) is 1.23. The van der Waals surface area contributed by atoms with Crippen LogP contribution in [0, 0.1) is 0 Å². The monoisotopic (exact) mass is 281 g/mol. The van der Waals surface area contributed by atoms with Crippen LogP contribution in [0.5, 0.6) is 5.75 Å². The lowest BCUT2D eigenvalue weighted by molar-refractivity contribution is 0.0691. The molecule has 1 heterocycles. The largest absolute Gasteiger partial charge is 0.491 e. The van der Waals surface area contributed by atoms with Crippen LogP contribution in [0.1, 0.15) is 16.8 Å². The first-order valence-electron chi connectivity index (χ1n) is 6.41. The SMILES string of the molecule is CN(CCOc1ccccc1C(=O)O)C1CCSC1. The van der Waals surface area contributed by atoms with Crippen LogP contribution in [-0.4, -0.2) is 53.7 Å². The maximum Gasteiger partial charge on any atom is 0.339 e. The van der Waals surface area contributed by atoms with Gasteiger partial charge < -0.3 is 9.84 Å². The Morgan fingerprint density at radius 1 is 1.53 bits per heavy atom. The molecule has 1 saturated heterocycles. The summed E-state index contributed by atoms with van der Waals surface area (Å²) in [5, 5.41) is 9.05. The first kappa shape index (κ1) is 14.2. The van der Waals surface area contributed by atoms with Crippen LogP contribution in [0.3, 0.4) is 0 Å². The molecule has 1 atom stereocenters. The number of carboxylic acid groups (broad SMARTS) is 1. The molecule has 0 aliphatic carbocycles. The van der Waals surface area contributed by atoms with Crippen molar-refractivity contribution in [3.05, 3.63) is 29.8 Å². The molecule has 0 spiro atoms. The summed E-state index contributed by atoms with van der Waals surface area (Å²) in [6, 6.07) is 7.39. The van der Waals surface area contributed by atoms with E-state index >= 15 is 0 Å². The summed E-state index contributed by atoms with van der Waals surface area (Å²) in [6.45, 7) is 1.33. The number of benzene rings is 1. The molecule has 0 radical (unpaired) electrons. The lowest BCUT2D eigenvalue weighted by atomic mass is 10.2. The minimum absolute atomic E-state index is 0.224. The molecule has 1 aliphatic rings. The molecular formula is C14H19NO3S. The van der Waals surface area contributed by atoms with Crippen molar-refractivity contribution >= 4 is 17.7 Å². The number of carboxylic acids is 1. The first-order chi connectivity index (χ1) is 9.18. The number of carbonyl (C=O) groups is 1. The van der Waals surface area contributed by atoms with E-state index in [2.05, 4.69) is 11.9 Å². The van der Waals surface area contributed by atoms with Gasteiger partial charge in [0.1, 0.15) is 17.9 Å². The van der Waals surface area contributed by atoms with Gasteiger partial charge in [-0.2, -0.15) is 11.8 Å². The van der Waals surface area contributed by atoms with Gasteiger partial charge in [0.25, 0.3) is 0 Å². The highest BCUT2D eigenvalue weighted by atomic mass is 32.2. The third kappa shape index (κ3) is 3.88. The third-order valence-corrected chi connectivity index (χ3v) is 4.49. The Bertz CT molecular complexity index is 432. The highest BCUT2D eigenvalue weighted by Gasteiger charge is 2.19. The van der Waals surface area contributed by atoms with E-state index in [1.165, 1.54) is 17.9 Å².